The van der Waals surface area contributed by atoms with E-state index in [0.717, 1.165) is 35.5 Å². The fourth-order valence-corrected chi connectivity index (χ4v) is 6.45. The third kappa shape index (κ3) is 5.73. The molecule has 3 aliphatic heterocycles. The van der Waals surface area contributed by atoms with E-state index in [1.165, 1.54) is 0 Å². The fourth-order valence-electron chi connectivity index (χ4n) is 6.29. The average molecular weight is 591 g/mol. The molecule has 0 unspecified atom stereocenters. The first-order valence-electron chi connectivity index (χ1n) is 14.3. The number of amides is 2. The smallest absolute Gasteiger partial charge is 0.415 e. The molecule has 11 heteroatoms. The highest BCUT2D eigenvalue weighted by Crippen LogP contribution is 2.41. The van der Waals surface area contributed by atoms with Gasteiger partial charge in [-0.3, -0.25) is 19.6 Å². The Morgan fingerprint density at radius 1 is 1.17 bits per heavy atom. The quantitative estimate of drug-likeness (QED) is 0.406. The second-order valence-corrected chi connectivity index (χ2v) is 11.8. The number of benzene rings is 1. The maximum Gasteiger partial charge on any atom is 0.415 e. The van der Waals surface area contributed by atoms with Crippen molar-refractivity contribution in [2.24, 2.45) is 5.92 Å². The maximum atomic E-state index is 14.2. The van der Waals surface area contributed by atoms with Gasteiger partial charge in [0.25, 0.3) is 0 Å². The number of carbonyl (C=O) groups excluding carboxylic acids is 2. The van der Waals surface area contributed by atoms with Crippen molar-refractivity contribution in [1.82, 2.24) is 29.2 Å². The van der Waals surface area contributed by atoms with Crippen LogP contribution in [-0.4, -0.2) is 80.0 Å². The normalized spacial score (nSPS) is 22.1. The molecule has 5 heterocycles. The summed E-state index contributed by atoms with van der Waals surface area (Å²) in [4.78, 5) is 42.2. The van der Waals surface area contributed by atoms with Crippen LogP contribution < -0.4 is 4.74 Å². The van der Waals surface area contributed by atoms with Gasteiger partial charge in [0, 0.05) is 67.8 Å². The number of pyridine rings is 1. The molecular weight excluding hydrogens is 556 g/mol. The number of hydrogen-bond acceptors (Lipinski definition) is 7. The Kier molecular flexibility index (Phi) is 7.92. The number of piperazine rings is 1. The van der Waals surface area contributed by atoms with Crippen LogP contribution in [0.15, 0.2) is 61.4 Å². The van der Waals surface area contributed by atoms with Gasteiger partial charge in [-0.1, -0.05) is 30.3 Å². The minimum atomic E-state index is -0.730. The van der Waals surface area contributed by atoms with Crippen molar-refractivity contribution in [2.75, 3.05) is 32.7 Å². The van der Waals surface area contributed by atoms with Crippen LogP contribution in [0.4, 0.5) is 4.79 Å². The number of nitrogens with zero attached hydrogens (tertiary/aromatic N) is 6. The molecule has 6 rings (SSSR count). The van der Waals surface area contributed by atoms with Gasteiger partial charge in [0.05, 0.1) is 29.5 Å². The van der Waals surface area contributed by atoms with Crippen LogP contribution >= 0.6 is 11.6 Å². The van der Waals surface area contributed by atoms with Crippen molar-refractivity contribution >= 4 is 23.6 Å². The van der Waals surface area contributed by atoms with Crippen LogP contribution in [0.5, 0.6) is 5.75 Å². The summed E-state index contributed by atoms with van der Waals surface area (Å²) in [5.41, 5.74) is 3.75. The SMILES string of the molecule is C=C(C)OC(=O)N1CCN([C@H]2c3ccc(Cl)cc3OCc3cccnc32)C[C@H]1C(=O)N1CC[C@@H](Cn2cnc(C)c2)C1. The molecule has 3 aromatic rings. The molecular formula is C31H35ClN6O4. The highest BCUT2D eigenvalue weighted by Gasteiger charge is 2.43. The first kappa shape index (κ1) is 28.2. The Hall–Kier alpha value is -3.89. The second-order valence-electron chi connectivity index (χ2n) is 11.3. The molecule has 42 heavy (non-hydrogen) atoms. The molecule has 0 spiro atoms. The number of hydrogen-bond donors (Lipinski definition) is 0. The van der Waals surface area contributed by atoms with E-state index in [1.54, 1.807) is 18.0 Å². The number of imidazole rings is 1. The van der Waals surface area contributed by atoms with Crippen molar-refractivity contribution in [1.29, 1.82) is 0 Å². The third-order valence-corrected chi connectivity index (χ3v) is 8.46. The Morgan fingerprint density at radius 3 is 2.81 bits per heavy atom. The van der Waals surface area contributed by atoms with Crippen molar-refractivity contribution in [3.8, 4) is 5.75 Å². The molecule has 3 atom stereocenters. The van der Waals surface area contributed by atoms with Gasteiger partial charge in [0.15, 0.2) is 0 Å². The van der Waals surface area contributed by atoms with E-state index in [-0.39, 0.29) is 17.7 Å². The number of likely N-dealkylation sites (tertiary alicyclic amines) is 1. The largest absolute Gasteiger partial charge is 0.488 e. The summed E-state index contributed by atoms with van der Waals surface area (Å²) in [6.45, 7) is 10.9. The van der Waals surface area contributed by atoms with E-state index in [9.17, 15) is 9.59 Å². The van der Waals surface area contributed by atoms with Gasteiger partial charge in [-0.25, -0.2) is 9.78 Å². The number of carbonyl (C=O) groups is 2. The molecule has 220 valence electrons. The lowest BCUT2D eigenvalue weighted by atomic mass is 9.96. The molecule has 2 saturated heterocycles. The van der Waals surface area contributed by atoms with Crippen LogP contribution in [-0.2, 0) is 22.7 Å². The van der Waals surface area contributed by atoms with Gasteiger partial charge < -0.3 is 18.9 Å². The van der Waals surface area contributed by atoms with Crippen LogP contribution in [0.3, 0.4) is 0 Å². The number of aromatic nitrogens is 3. The summed E-state index contributed by atoms with van der Waals surface area (Å²) in [6, 6.07) is 8.54. The molecule has 0 bridgehead atoms. The Bertz CT molecular complexity index is 1510. The van der Waals surface area contributed by atoms with E-state index in [4.69, 9.17) is 26.1 Å². The zero-order valence-electron chi connectivity index (χ0n) is 23.9. The molecule has 0 saturated carbocycles. The second kappa shape index (κ2) is 11.8. The predicted octanol–water partition coefficient (Wildman–Crippen LogP) is 4.43. The number of fused-ring (bicyclic) bond motifs is 2. The van der Waals surface area contributed by atoms with E-state index in [0.29, 0.717) is 56.0 Å². The lowest BCUT2D eigenvalue weighted by Gasteiger charge is -2.44. The monoisotopic (exact) mass is 590 g/mol. The topological polar surface area (TPSA) is 93.0 Å². The van der Waals surface area contributed by atoms with Gasteiger partial charge in [-0.15, -0.1) is 0 Å². The van der Waals surface area contributed by atoms with E-state index in [2.05, 4.69) is 21.0 Å². The van der Waals surface area contributed by atoms with Crippen molar-refractivity contribution < 1.29 is 19.1 Å². The predicted molar refractivity (Wildman–Crippen MR) is 157 cm³/mol. The lowest BCUT2D eigenvalue weighted by Crippen LogP contribution is -2.61. The van der Waals surface area contributed by atoms with Crippen molar-refractivity contribution in [3.63, 3.8) is 0 Å². The summed E-state index contributed by atoms with van der Waals surface area (Å²) in [6.07, 6.45) is 5.97. The van der Waals surface area contributed by atoms with Crippen molar-refractivity contribution in [2.45, 2.75) is 45.5 Å². The van der Waals surface area contributed by atoms with Gasteiger partial charge in [0.1, 0.15) is 18.4 Å². The van der Waals surface area contributed by atoms with Crippen molar-refractivity contribution in [3.05, 3.63) is 88.9 Å². The summed E-state index contributed by atoms with van der Waals surface area (Å²) in [5, 5.41) is 0.585. The minimum Gasteiger partial charge on any atom is -0.488 e. The van der Waals surface area contributed by atoms with E-state index in [1.807, 2.05) is 54.7 Å². The zero-order chi connectivity index (χ0) is 29.4. The highest BCUT2D eigenvalue weighted by molar-refractivity contribution is 6.30. The number of rotatable bonds is 5. The number of allylic oxidation sites excluding steroid dienone is 1. The molecule has 0 radical (unpaired) electrons. The standard InChI is InChI=1S/C31H35ClN6O4/c1-20(2)42-31(40)38-12-11-36(17-26(38)30(39)37-10-8-22(16-37)15-35-14-21(3)34-19-35)29-25-7-6-24(32)13-27(25)41-18-23-5-4-9-33-28(23)29/h4-7,9,13-14,19,22,26,29H,1,8,10-12,15-18H2,2-3H3/t22-,26-,29-/m0/s1. The van der Waals surface area contributed by atoms with Crippen LogP contribution in [0.1, 0.15) is 41.9 Å². The Labute approximate surface area is 250 Å². The number of aryl methyl sites for hydroxylation is 1. The number of ether oxygens (including phenoxy) is 2. The number of halogens is 1. The third-order valence-electron chi connectivity index (χ3n) is 8.23. The van der Waals surface area contributed by atoms with E-state index < -0.39 is 12.1 Å². The molecule has 2 fully saturated rings. The first-order chi connectivity index (χ1) is 20.3. The Balaban J connectivity index is 1.29. The van der Waals surface area contributed by atoms with Gasteiger partial charge >= 0.3 is 6.09 Å². The summed E-state index contributed by atoms with van der Waals surface area (Å²) in [7, 11) is 0. The average Bonchev–Trinajstić information content (AvgIpc) is 3.57. The molecule has 1 aromatic carbocycles. The van der Waals surface area contributed by atoms with E-state index >= 15 is 0 Å². The molecule has 3 aliphatic rings. The van der Waals surface area contributed by atoms with Gasteiger partial charge in [0.2, 0.25) is 5.91 Å². The molecule has 0 N–H and O–H groups in total. The zero-order valence-corrected chi connectivity index (χ0v) is 24.7. The molecule has 0 aliphatic carbocycles. The van der Waals surface area contributed by atoms with Crippen LogP contribution in [0, 0.1) is 12.8 Å². The minimum absolute atomic E-state index is 0.0786. The Morgan fingerprint density at radius 2 is 2.02 bits per heavy atom. The molecule has 2 aromatic heterocycles. The van der Waals surface area contributed by atoms with Gasteiger partial charge in [-0.2, -0.15) is 0 Å². The summed E-state index contributed by atoms with van der Waals surface area (Å²) < 4.78 is 13.7. The molecule has 10 nitrogen and oxygen atoms in total. The van der Waals surface area contributed by atoms with Crippen LogP contribution in [0.2, 0.25) is 5.02 Å². The summed E-state index contributed by atoms with van der Waals surface area (Å²) >= 11 is 6.34. The first-order valence-corrected chi connectivity index (χ1v) is 14.7. The summed E-state index contributed by atoms with van der Waals surface area (Å²) in [5.74, 6) is 1.21. The highest BCUT2D eigenvalue weighted by atomic mass is 35.5. The molecule has 2 amide bonds. The van der Waals surface area contributed by atoms with Crippen LogP contribution in [0.25, 0.3) is 0 Å². The lowest BCUT2D eigenvalue weighted by molar-refractivity contribution is -0.138. The van der Waals surface area contributed by atoms with Gasteiger partial charge in [-0.05, 0) is 44.4 Å². The maximum absolute atomic E-state index is 14.2. The fraction of sp³-hybridized carbons (Fsp3) is 0.419.